The van der Waals surface area contributed by atoms with Crippen LogP contribution < -0.4 is 5.32 Å². The van der Waals surface area contributed by atoms with Crippen molar-refractivity contribution >= 4 is 17.6 Å². The quantitative estimate of drug-likeness (QED) is 0.571. The molecule has 88 valence electrons. The van der Waals surface area contributed by atoms with Gasteiger partial charge in [0.2, 0.25) is 0 Å². The van der Waals surface area contributed by atoms with Crippen molar-refractivity contribution in [1.29, 1.82) is 0 Å². The predicted octanol–water partition coefficient (Wildman–Crippen LogP) is 0.925. The van der Waals surface area contributed by atoms with E-state index in [9.17, 15) is 4.79 Å². The minimum Gasteiger partial charge on any atom is -0.458 e. The van der Waals surface area contributed by atoms with Crippen molar-refractivity contribution < 1.29 is 14.3 Å². The van der Waals surface area contributed by atoms with Crippen molar-refractivity contribution in [3.05, 3.63) is 0 Å². The van der Waals surface area contributed by atoms with Gasteiger partial charge in [0, 0.05) is 13.1 Å². The molecular formula is C10H18ClNO3. The van der Waals surface area contributed by atoms with Gasteiger partial charge in [-0.25, -0.2) is 4.79 Å². The van der Waals surface area contributed by atoms with Crippen molar-refractivity contribution in [2.45, 2.75) is 32.0 Å². The maximum absolute atomic E-state index is 11.9. The largest absolute Gasteiger partial charge is 0.458 e. The highest BCUT2D eigenvalue weighted by atomic mass is 35.5. The second-order valence-corrected chi connectivity index (χ2v) is 4.92. The van der Waals surface area contributed by atoms with Crippen LogP contribution in [0, 0.1) is 0 Å². The predicted molar refractivity (Wildman–Crippen MR) is 58.1 cm³/mol. The summed E-state index contributed by atoms with van der Waals surface area (Å²) in [5, 5.41) is 3.08. The van der Waals surface area contributed by atoms with Crippen molar-refractivity contribution in [2.75, 3.05) is 25.6 Å². The molecule has 0 aromatic heterocycles. The Bertz CT molecular complexity index is 231. The molecule has 0 aromatic carbocycles. The van der Waals surface area contributed by atoms with Crippen LogP contribution >= 0.6 is 11.6 Å². The lowest BCUT2D eigenvalue weighted by Crippen LogP contribution is -2.58. The highest BCUT2D eigenvalue weighted by Crippen LogP contribution is 2.21. The molecule has 1 aliphatic rings. The second kappa shape index (κ2) is 4.68. The van der Waals surface area contributed by atoms with Crippen LogP contribution in [0.3, 0.4) is 0 Å². The molecule has 1 atom stereocenters. The molecule has 1 aliphatic heterocycles. The average molecular weight is 236 g/mol. The third-order valence-corrected chi connectivity index (χ3v) is 2.49. The maximum Gasteiger partial charge on any atom is 0.341 e. The molecule has 0 saturated carbocycles. The first-order chi connectivity index (χ1) is 6.90. The number of rotatable bonds is 2. The molecular weight excluding hydrogens is 218 g/mol. The SMILES string of the molecule is CC(C)(C)OC(=O)C1(CCl)CNCCO1. The lowest BCUT2D eigenvalue weighted by molar-refractivity contribution is -0.183. The van der Waals surface area contributed by atoms with E-state index in [0.717, 1.165) is 6.54 Å². The summed E-state index contributed by atoms with van der Waals surface area (Å²) in [7, 11) is 0. The van der Waals surface area contributed by atoms with E-state index in [1.165, 1.54) is 0 Å². The summed E-state index contributed by atoms with van der Waals surface area (Å²) in [5.74, 6) is -0.285. The van der Waals surface area contributed by atoms with E-state index in [4.69, 9.17) is 21.1 Å². The lowest BCUT2D eigenvalue weighted by atomic mass is 10.0. The van der Waals surface area contributed by atoms with Gasteiger partial charge in [0.15, 0.2) is 5.60 Å². The Hall–Kier alpha value is -0.320. The van der Waals surface area contributed by atoms with Gasteiger partial charge in [-0.3, -0.25) is 0 Å². The summed E-state index contributed by atoms with van der Waals surface area (Å²) in [4.78, 5) is 11.9. The van der Waals surface area contributed by atoms with Gasteiger partial charge in [-0.1, -0.05) is 0 Å². The van der Waals surface area contributed by atoms with Crippen LogP contribution in [0.15, 0.2) is 0 Å². The molecule has 0 aliphatic carbocycles. The topological polar surface area (TPSA) is 47.6 Å². The van der Waals surface area contributed by atoms with Crippen molar-refractivity contribution in [1.82, 2.24) is 5.32 Å². The van der Waals surface area contributed by atoms with Crippen LogP contribution in [0.2, 0.25) is 0 Å². The Kier molecular flexibility index (Phi) is 3.98. The van der Waals surface area contributed by atoms with Gasteiger partial charge in [0.25, 0.3) is 0 Å². The molecule has 15 heavy (non-hydrogen) atoms. The van der Waals surface area contributed by atoms with Gasteiger partial charge < -0.3 is 14.8 Å². The number of hydrogen-bond donors (Lipinski definition) is 1. The Morgan fingerprint density at radius 3 is 2.67 bits per heavy atom. The summed E-state index contributed by atoms with van der Waals surface area (Å²) >= 11 is 5.79. The van der Waals surface area contributed by atoms with Crippen LogP contribution in [0.1, 0.15) is 20.8 Å². The average Bonchev–Trinajstić information content (AvgIpc) is 2.16. The van der Waals surface area contributed by atoms with E-state index in [-0.39, 0.29) is 5.88 Å². The number of ether oxygens (including phenoxy) is 2. The van der Waals surface area contributed by atoms with Gasteiger partial charge in [-0.15, -0.1) is 11.6 Å². The van der Waals surface area contributed by atoms with Crippen molar-refractivity contribution in [2.24, 2.45) is 0 Å². The zero-order valence-electron chi connectivity index (χ0n) is 9.43. The first kappa shape index (κ1) is 12.7. The molecule has 4 nitrogen and oxygen atoms in total. The monoisotopic (exact) mass is 235 g/mol. The van der Waals surface area contributed by atoms with Crippen molar-refractivity contribution in [3.63, 3.8) is 0 Å². The fourth-order valence-corrected chi connectivity index (χ4v) is 1.58. The van der Waals surface area contributed by atoms with E-state index in [1.54, 1.807) is 0 Å². The molecule has 0 aromatic rings. The van der Waals surface area contributed by atoms with Gasteiger partial charge >= 0.3 is 5.97 Å². The second-order valence-electron chi connectivity index (χ2n) is 4.66. The van der Waals surface area contributed by atoms with E-state index in [1.807, 2.05) is 20.8 Å². The number of halogens is 1. The molecule has 0 radical (unpaired) electrons. The highest BCUT2D eigenvalue weighted by molar-refractivity contribution is 6.20. The molecule has 1 rings (SSSR count). The molecule has 0 bridgehead atoms. The number of esters is 1. The smallest absolute Gasteiger partial charge is 0.341 e. The van der Waals surface area contributed by atoms with Gasteiger partial charge in [-0.2, -0.15) is 0 Å². The number of carbonyl (C=O) groups is 1. The van der Waals surface area contributed by atoms with Crippen molar-refractivity contribution in [3.8, 4) is 0 Å². The number of carbonyl (C=O) groups excluding carboxylic acids is 1. The number of alkyl halides is 1. The number of hydrogen-bond acceptors (Lipinski definition) is 4. The van der Waals surface area contributed by atoms with E-state index in [2.05, 4.69) is 5.32 Å². The molecule has 1 N–H and O–H groups in total. The summed E-state index contributed by atoms with van der Waals surface area (Å²) in [6.07, 6.45) is 0. The molecule has 1 fully saturated rings. The first-order valence-corrected chi connectivity index (χ1v) is 5.57. The van der Waals surface area contributed by atoms with Gasteiger partial charge in [-0.05, 0) is 20.8 Å². The van der Waals surface area contributed by atoms with E-state index < -0.39 is 17.2 Å². The van der Waals surface area contributed by atoms with Crippen LogP contribution in [-0.4, -0.2) is 42.7 Å². The summed E-state index contributed by atoms with van der Waals surface area (Å²) < 4.78 is 10.7. The normalized spacial score (nSPS) is 27.5. The minimum absolute atomic E-state index is 0.106. The Morgan fingerprint density at radius 2 is 2.27 bits per heavy atom. The standard InChI is InChI=1S/C10H18ClNO3/c1-9(2,3)15-8(13)10(6-11)7-12-4-5-14-10/h12H,4-7H2,1-3H3. The lowest BCUT2D eigenvalue weighted by Gasteiger charge is -2.35. The summed E-state index contributed by atoms with van der Waals surface area (Å²) in [5.41, 5.74) is -1.54. The first-order valence-electron chi connectivity index (χ1n) is 5.04. The molecule has 1 saturated heterocycles. The fourth-order valence-electron chi connectivity index (χ4n) is 1.30. The molecule has 5 heteroatoms. The number of nitrogens with one attached hydrogen (secondary N) is 1. The molecule has 1 unspecified atom stereocenters. The Morgan fingerprint density at radius 1 is 1.60 bits per heavy atom. The minimum atomic E-state index is -1.02. The van der Waals surface area contributed by atoms with Crippen LogP contribution in [0.25, 0.3) is 0 Å². The Labute approximate surface area is 95.3 Å². The third kappa shape index (κ3) is 3.33. The maximum atomic E-state index is 11.9. The summed E-state index contributed by atoms with van der Waals surface area (Å²) in [6.45, 7) is 7.09. The fraction of sp³-hybridized carbons (Fsp3) is 0.900. The van der Waals surface area contributed by atoms with E-state index in [0.29, 0.717) is 13.2 Å². The van der Waals surface area contributed by atoms with Crippen LogP contribution in [0.5, 0.6) is 0 Å². The Balaban J connectivity index is 2.68. The highest BCUT2D eigenvalue weighted by Gasteiger charge is 2.43. The third-order valence-electron chi connectivity index (χ3n) is 2.05. The van der Waals surface area contributed by atoms with Crippen LogP contribution in [0.4, 0.5) is 0 Å². The van der Waals surface area contributed by atoms with E-state index >= 15 is 0 Å². The number of morpholine rings is 1. The summed E-state index contributed by atoms with van der Waals surface area (Å²) in [6, 6.07) is 0. The van der Waals surface area contributed by atoms with Crippen LogP contribution in [-0.2, 0) is 14.3 Å². The molecule has 0 amide bonds. The zero-order valence-corrected chi connectivity index (χ0v) is 10.2. The zero-order chi connectivity index (χ0) is 11.5. The van der Waals surface area contributed by atoms with Gasteiger partial charge in [0.1, 0.15) is 5.60 Å². The molecule has 0 spiro atoms. The van der Waals surface area contributed by atoms with Gasteiger partial charge in [0.05, 0.1) is 12.5 Å². The molecule has 1 heterocycles.